The van der Waals surface area contributed by atoms with Gasteiger partial charge in [0.2, 0.25) is 0 Å². The van der Waals surface area contributed by atoms with Crippen molar-refractivity contribution in [2.75, 3.05) is 39.6 Å². The van der Waals surface area contributed by atoms with Gasteiger partial charge in [0.25, 0.3) is 0 Å². The minimum Gasteiger partial charge on any atom is -0.462 e. The predicted molar refractivity (Wildman–Crippen MR) is 446 cm³/mol. The standard InChI is InChI=1S/C89H174O17P2/c1-8-10-11-12-13-14-15-16-17-18-19-20-24-27-30-36-41-49-56-63-70-86(91)99-76-84(105-88(93)72-65-58-51-42-37-31-28-25-22-21-23-26-29-34-39-46-53-60-67-80(3)4)78-103-107(95,96)101-74-83(90)75-102-108(97,98)104-79-85(77-100-87(92)71-64-57-50-45-44-48-55-62-69-82(7)9-2)106-89(94)73-66-59-52-43-38-33-32-35-40-47-54-61-68-81(5)6/h80-85,90H,8-79H2,1-7H3,(H,95,96)(H,97,98)/t82?,83-,84-,85-/m1/s1. The van der Waals surface area contributed by atoms with Crippen molar-refractivity contribution >= 4 is 39.5 Å². The number of aliphatic hydroxyl groups is 1. The number of phosphoric ester groups is 2. The van der Waals surface area contributed by atoms with E-state index in [-0.39, 0.29) is 25.7 Å². The molecule has 642 valence electrons. The van der Waals surface area contributed by atoms with Gasteiger partial charge in [0.15, 0.2) is 12.2 Å². The highest BCUT2D eigenvalue weighted by Gasteiger charge is 2.31. The number of ether oxygens (including phenoxy) is 4. The Kier molecular flexibility index (Phi) is 77.5. The van der Waals surface area contributed by atoms with Crippen LogP contribution in [-0.4, -0.2) is 96.7 Å². The number of hydrogen-bond acceptors (Lipinski definition) is 15. The second-order valence-corrected chi connectivity index (χ2v) is 36.1. The molecule has 19 heteroatoms. The average molecular weight is 1580 g/mol. The van der Waals surface area contributed by atoms with E-state index in [1.807, 2.05) is 0 Å². The molecule has 0 radical (unpaired) electrons. The monoisotopic (exact) mass is 1580 g/mol. The van der Waals surface area contributed by atoms with Gasteiger partial charge in [-0.1, -0.05) is 421 Å². The van der Waals surface area contributed by atoms with E-state index in [1.165, 1.54) is 283 Å². The van der Waals surface area contributed by atoms with Crippen LogP contribution >= 0.6 is 15.6 Å². The van der Waals surface area contributed by atoms with Crippen molar-refractivity contribution in [1.82, 2.24) is 0 Å². The molecule has 17 nitrogen and oxygen atoms in total. The number of carbonyl (C=O) groups excluding carboxylic acids is 4. The molecule has 0 saturated heterocycles. The largest absolute Gasteiger partial charge is 0.472 e. The number of phosphoric acid groups is 2. The van der Waals surface area contributed by atoms with Crippen LogP contribution in [0.1, 0.15) is 472 Å². The van der Waals surface area contributed by atoms with Crippen molar-refractivity contribution in [2.45, 2.75) is 491 Å². The maximum Gasteiger partial charge on any atom is 0.472 e. The molecule has 0 spiro atoms. The Morgan fingerprint density at radius 2 is 0.472 bits per heavy atom. The zero-order valence-electron chi connectivity index (χ0n) is 71.3. The summed E-state index contributed by atoms with van der Waals surface area (Å²) in [5.74, 6) is 0.273. The summed E-state index contributed by atoms with van der Waals surface area (Å²) in [7, 11) is -9.93. The molecule has 0 aliphatic heterocycles. The number of carbonyl (C=O) groups is 4. The summed E-state index contributed by atoms with van der Waals surface area (Å²) < 4.78 is 69.0. The van der Waals surface area contributed by atoms with Gasteiger partial charge < -0.3 is 33.8 Å². The van der Waals surface area contributed by atoms with Crippen molar-refractivity contribution in [1.29, 1.82) is 0 Å². The zero-order valence-corrected chi connectivity index (χ0v) is 73.1. The van der Waals surface area contributed by atoms with Crippen LogP contribution in [0.25, 0.3) is 0 Å². The summed E-state index contributed by atoms with van der Waals surface area (Å²) in [5.41, 5.74) is 0. The van der Waals surface area contributed by atoms with Gasteiger partial charge in [-0.3, -0.25) is 37.3 Å². The van der Waals surface area contributed by atoms with Crippen LogP contribution in [-0.2, 0) is 65.4 Å². The summed E-state index contributed by atoms with van der Waals surface area (Å²) in [4.78, 5) is 73.4. The number of esters is 4. The lowest BCUT2D eigenvalue weighted by molar-refractivity contribution is -0.161. The van der Waals surface area contributed by atoms with Crippen LogP contribution in [0.2, 0.25) is 0 Å². The van der Waals surface area contributed by atoms with Crippen LogP contribution < -0.4 is 0 Å². The first-order valence-electron chi connectivity index (χ1n) is 45.9. The van der Waals surface area contributed by atoms with Gasteiger partial charge in [-0.05, 0) is 43.4 Å². The molecule has 0 aliphatic rings. The number of aliphatic hydroxyl groups excluding tert-OH is 1. The van der Waals surface area contributed by atoms with Gasteiger partial charge >= 0.3 is 39.5 Å². The normalized spacial score (nSPS) is 14.1. The van der Waals surface area contributed by atoms with Crippen LogP contribution in [0.3, 0.4) is 0 Å². The molecule has 0 amide bonds. The van der Waals surface area contributed by atoms with E-state index in [9.17, 15) is 43.2 Å². The Labute approximate surface area is 664 Å². The molecule has 0 heterocycles. The van der Waals surface area contributed by atoms with Crippen LogP contribution in [0.4, 0.5) is 0 Å². The molecular weight excluding hydrogens is 1400 g/mol. The molecule has 3 N–H and O–H groups in total. The summed E-state index contributed by atoms with van der Waals surface area (Å²) in [6, 6.07) is 0. The third kappa shape index (κ3) is 80.7. The van der Waals surface area contributed by atoms with Crippen molar-refractivity contribution in [3.05, 3.63) is 0 Å². The van der Waals surface area contributed by atoms with E-state index in [2.05, 4.69) is 48.5 Å². The van der Waals surface area contributed by atoms with Crippen molar-refractivity contribution in [2.24, 2.45) is 17.8 Å². The molecule has 0 aliphatic carbocycles. The Hall–Kier alpha value is -1.94. The predicted octanol–water partition coefficient (Wildman–Crippen LogP) is 27.3. The Balaban J connectivity index is 5.25. The molecule has 0 aromatic rings. The minimum atomic E-state index is -4.97. The fourth-order valence-corrected chi connectivity index (χ4v) is 15.4. The third-order valence-electron chi connectivity index (χ3n) is 21.2. The maximum absolute atomic E-state index is 13.2. The fourth-order valence-electron chi connectivity index (χ4n) is 13.9. The summed E-state index contributed by atoms with van der Waals surface area (Å²) in [5, 5.41) is 10.7. The molecule has 0 bridgehead atoms. The Morgan fingerprint density at radius 1 is 0.269 bits per heavy atom. The fraction of sp³-hybridized carbons (Fsp3) is 0.955. The second-order valence-electron chi connectivity index (χ2n) is 33.2. The lowest BCUT2D eigenvalue weighted by Gasteiger charge is -2.21. The number of unbranched alkanes of at least 4 members (excludes halogenated alkanes) is 54. The molecule has 3 unspecified atom stereocenters. The van der Waals surface area contributed by atoms with Gasteiger partial charge in [0.05, 0.1) is 26.4 Å². The van der Waals surface area contributed by atoms with Gasteiger partial charge in [-0.15, -0.1) is 0 Å². The minimum absolute atomic E-state index is 0.107. The van der Waals surface area contributed by atoms with Crippen LogP contribution in [0.5, 0.6) is 0 Å². The molecule has 0 aromatic heterocycles. The highest BCUT2D eigenvalue weighted by Crippen LogP contribution is 2.45. The lowest BCUT2D eigenvalue weighted by Crippen LogP contribution is -2.30. The first kappa shape index (κ1) is 106. The summed E-state index contributed by atoms with van der Waals surface area (Å²) >= 11 is 0. The highest BCUT2D eigenvalue weighted by atomic mass is 31.2. The molecule has 0 rings (SSSR count). The average Bonchev–Trinajstić information content (AvgIpc) is 0.900. The zero-order chi connectivity index (χ0) is 79.3. The molecule has 108 heavy (non-hydrogen) atoms. The molecule has 0 saturated carbocycles. The van der Waals surface area contributed by atoms with Gasteiger partial charge in [0, 0.05) is 25.7 Å². The van der Waals surface area contributed by atoms with E-state index in [0.717, 1.165) is 108 Å². The van der Waals surface area contributed by atoms with E-state index in [4.69, 9.17) is 37.0 Å². The topological polar surface area (TPSA) is 237 Å². The van der Waals surface area contributed by atoms with E-state index in [0.29, 0.717) is 25.7 Å². The molecular formula is C89H174O17P2. The van der Waals surface area contributed by atoms with Crippen molar-refractivity contribution in [3.8, 4) is 0 Å². The van der Waals surface area contributed by atoms with Crippen LogP contribution in [0.15, 0.2) is 0 Å². The summed E-state index contributed by atoms with van der Waals surface area (Å²) in [6.45, 7) is 12.0. The van der Waals surface area contributed by atoms with Crippen molar-refractivity contribution < 1.29 is 80.2 Å². The molecule has 0 aromatic carbocycles. The first-order chi connectivity index (χ1) is 52.3. The Morgan fingerprint density at radius 3 is 0.704 bits per heavy atom. The van der Waals surface area contributed by atoms with Gasteiger partial charge in [-0.25, -0.2) is 9.13 Å². The van der Waals surface area contributed by atoms with E-state index >= 15 is 0 Å². The van der Waals surface area contributed by atoms with Gasteiger partial charge in [-0.2, -0.15) is 0 Å². The third-order valence-corrected chi connectivity index (χ3v) is 23.1. The summed E-state index contributed by atoms with van der Waals surface area (Å²) in [6.07, 6.45) is 70.8. The number of hydrogen-bond donors (Lipinski definition) is 3. The second kappa shape index (κ2) is 78.9. The first-order valence-corrected chi connectivity index (χ1v) is 48.9. The Bertz CT molecular complexity index is 2080. The molecule has 0 fully saturated rings. The SMILES string of the molecule is CCCCCCCCCCCCCCCCCCCCCCC(=O)OC[C@H](COP(=O)(O)OC[C@@H](O)COP(=O)(O)OC[C@@H](COC(=O)CCCCCCCCCCC(C)CC)OC(=O)CCCCCCCCCCCCCCC(C)C)OC(=O)CCCCCCCCCCCCCCCCCCCCC(C)C. The highest BCUT2D eigenvalue weighted by molar-refractivity contribution is 7.47. The lowest BCUT2D eigenvalue weighted by atomic mass is 9.99. The maximum atomic E-state index is 13.2. The molecule has 6 atom stereocenters. The van der Waals surface area contributed by atoms with Crippen molar-refractivity contribution in [3.63, 3.8) is 0 Å². The smallest absolute Gasteiger partial charge is 0.462 e. The van der Waals surface area contributed by atoms with Gasteiger partial charge in [0.1, 0.15) is 19.3 Å². The van der Waals surface area contributed by atoms with Crippen LogP contribution in [0, 0.1) is 17.8 Å². The van der Waals surface area contributed by atoms with E-state index < -0.39 is 97.5 Å². The quantitative estimate of drug-likeness (QED) is 0.0222. The van der Waals surface area contributed by atoms with E-state index in [1.54, 1.807) is 0 Å². The number of rotatable bonds is 87.